The Bertz CT molecular complexity index is 1980. The van der Waals surface area contributed by atoms with Crippen molar-refractivity contribution in [3.05, 3.63) is 24.3 Å². The van der Waals surface area contributed by atoms with Crippen LogP contribution in [0, 0.1) is 17.8 Å². The Balaban J connectivity index is 5.22. The zero-order chi connectivity index (χ0) is 71.6. The van der Waals surface area contributed by atoms with Crippen molar-refractivity contribution in [2.24, 2.45) is 17.8 Å². The predicted molar refractivity (Wildman–Crippen MR) is 395 cm³/mol. The first-order valence-electron chi connectivity index (χ1n) is 39.7. The molecule has 3 N–H and O–H groups in total. The lowest BCUT2D eigenvalue weighted by Crippen LogP contribution is -2.30. The highest BCUT2D eigenvalue weighted by molar-refractivity contribution is 7.47. The van der Waals surface area contributed by atoms with Crippen molar-refractivity contribution in [1.29, 1.82) is 0 Å². The molecule has 0 aromatic rings. The van der Waals surface area contributed by atoms with Gasteiger partial charge in [-0.25, -0.2) is 9.13 Å². The van der Waals surface area contributed by atoms with Gasteiger partial charge < -0.3 is 33.8 Å². The summed E-state index contributed by atoms with van der Waals surface area (Å²) < 4.78 is 68.5. The lowest BCUT2D eigenvalue weighted by Gasteiger charge is -2.21. The van der Waals surface area contributed by atoms with Crippen LogP contribution in [0.1, 0.15) is 376 Å². The van der Waals surface area contributed by atoms with Crippen LogP contribution in [-0.2, 0) is 65.4 Å². The van der Waals surface area contributed by atoms with Crippen molar-refractivity contribution in [3.63, 3.8) is 0 Å². The number of aliphatic hydroxyl groups is 1. The molecule has 0 heterocycles. The zero-order valence-electron chi connectivity index (χ0n) is 63.0. The van der Waals surface area contributed by atoms with E-state index in [9.17, 15) is 43.2 Å². The van der Waals surface area contributed by atoms with Gasteiger partial charge in [-0.05, 0) is 69.1 Å². The highest BCUT2D eigenvalue weighted by Crippen LogP contribution is 2.45. The summed E-state index contributed by atoms with van der Waals surface area (Å²) in [6, 6.07) is 0. The Morgan fingerprint density at radius 1 is 0.320 bits per heavy atom. The van der Waals surface area contributed by atoms with Gasteiger partial charge >= 0.3 is 39.5 Å². The van der Waals surface area contributed by atoms with Crippen LogP contribution in [0.5, 0.6) is 0 Å². The molecule has 572 valence electrons. The third kappa shape index (κ3) is 71.7. The first-order valence-corrected chi connectivity index (χ1v) is 42.7. The molecule has 0 spiro atoms. The quantitative estimate of drug-likeness (QED) is 0.0169. The minimum absolute atomic E-state index is 0.0840. The second-order valence-electron chi connectivity index (χ2n) is 28.8. The summed E-state index contributed by atoms with van der Waals surface area (Å²) in [5.41, 5.74) is 0. The number of esters is 4. The van der Waals surface area contributed by atoms with E-state index in [1.807, 2.05) is 0 Å². The summed E-state index contributed by atoms with van der Waals surface area (Å²) in [7, 11) is -9.93. The Morgan fingerprint density at radius 2 is 0.557 bits per heavy atom. The SMILES string of the molecule is CCCCCC/C=C\C=C/CCCCCCCC(=O)O[C@H](COC(=O)CCCCCCCCCC(C)C)COP(=O)(O)OCC(O)COP(=O)(O)OC[C@@H](COC(=O)CCCCCCCCCCC(C)C)OC(=O)CCCCCCCCCCCCCCCCCCCCC(C)C. The molecule has 3 unspecified atom stereocenters. The van der Waals surface area contributed by atoms with E-state index in [4.69, 9.17) is 37.0 Å². The first-order chi connectivity index (χ1) is 46.7. The number of rotatable bonds is 74. The standard InChI is InChI=1S/C78H148O17P2/c1-8-9-10-11-12-13-14-15-20-24-27-30-39-47-54-61-78(83)95-74(66-89-76(81)60-53-46-41-34-37-44-51-58-71(6)7)68-93-97(86,87)91-64-72(79)63-90-96(84,85)92-67-73(65-88-75(80)59-52-45-38-33-32-36-43-50-57-70(4)5)94-77(82)62-55-48-40-31-28-25-22-19-17-16-18-21-23-26-29-35-42-49-56-69(2)3/h13-15,20,69-74,79H,8-12,16-19,21-68H2,1-7H3,(H,84,85)(H,86,87)/b14-13-,20-15-/t72?,73-,74-/m1/s1. The zero-order valence-corrected chi connectivity index (χ0v) is 64.8. The van der Waals surface area contributed by atoms with Crippen molar-refractivity contribution in [2.75, 3.05) is 39.6 Å². The number of hydrogen-bond donors (Lipinski definition) is 3. The lowest BCUT2D eigenvalue weighted by atomic mass is 10.0. The molecule has 5 atom stereocenters. The summed E-state index contributed by atoms with van der Waals surface area (Å²) >= 11 is 0. The van der Waals surface area contributed by atoms with Crippen LogP contribution in [0.3, 0.4) is 0 Å². The highest BCUT2D eigenvalue weighted by atomic mass is 31.2. The van der Waals surface area contributed by atoms with Gasteiger partial charge in [-0.2, -0.15) is 0 Å². The molecule has 97 heavy (non-hydrogen) atoms. The number of carbonyl (C=O) groups excluding carboxylic acids is 4. The van der Waals surface area contributed by atoms with Crippen LogP contribution in [0.15, 0.2) is 24.3 Å². The number of hydrogen-bond acceptors (Lipinski definition) is 15. The van der Waals surface area contributed by atoms with Gasteiger partial charge in [0.25, 0.3) is 0 Å². The summed E-state index contributed by atoms with van der Waals surface area (Å²) in [4.78, 5) is 72.8. The maximum absolute atomic E-state index is 13.1. The average molecular weight is 1420 g/mol. The van der Waals surface area contributed by atoms with Crippen LogP contribution < -0.4 is 0 Å². The van der Waals surface area contributed by atoms with Gasteiger partial charge in [0.05, 0.1) is 26.4 Å². The Labute approximate surface area is 592 Å². The molecular weight excluding hydrogens is 1270 g/mol. The molecule has 19 heteroatoms. The van der Waals surface area contributed by atoms with E-state index in [1.54, 1.807) is 0 Å². The second-order valence-corrected chi connectivity index (χ2v) is 31.7. The van der Waals surface area contributed by atoms with Crippen LogP contribution in [-0.4, -0.2) is 96.7 Å². The Hall–Kier alpha value is -2.46. The summed E-state index contributed by atoms with van der Waals surface area (Å²) in [6.45, 7) is 11.8. The Morgan fingerprint density at radius 3 is 0.835 bits per heavy atom. The summed E-state index contributed by atoms with van der Waals surface area (Å²) in [5.74, 6) is 0.0969. The predicted octanol–water partition coefficient (Wildman–Crippen LogP) is 22.5. The highest BCUT2D eigenvalue weighted by Gasteiger charge is 2.30. The molecule has 0 rings (SSSR count). The molecular formula is C78H148O17P2. The third-order valence-electron chi connectivity index (χ3n) is 17.5. The van der Waals surface area contributed by atoms with Crippen molar-refractivity contribution < 1.29 is 80.2 Å². The summed E-state index contributed by atoms with van der Waals surface area (Å²) in [5, 5.41) is 10.6. The number of ether oxygens (including phenoxy) is 4. The maximum Gasteiger partial charge on any atom is 0.472 e. The molecule has 0 aliphatic heterocycles. The van der Waals surface area contributed by atoms with Crippen molar-refractivity contribution in [1.82, 2.24) is 0 Å². The second kappa shape index (κ2) is 68.0. The molecule has 0 radical (unpaired) electrons. The normalized spacial score (nSPS) is 14.2. The number of phosphoric acid groups is 2. The molecule has 0 amide bonds. The average Bonchev–Trinajstić information content (AvgIpc) is 1.22. The van der Waals surface area contributed by atoms with E-state index in [1.165, 1.54) is 167 Å². The van der Waals surface area contributed by atoms with Gasteiger partial charge in [0.2, 0.25) is 0 Å². The Kier molecular flexibility index (Phi) is 66.3. The van der Waals surface area contributed by atoms with Crippen LogP contribution in [0.4, 0.5) is 0 Å². The van der Waals surface area contributed by atoms with Crippen molar-refractivity contribution in [3.8, 4) is 0 Å². The van der Waals surface area contributed by atoms with E-state index < -0.39 is 97.5 Å². The topological polar surface area (TPSA) is 237 Å². The van der Waals surface area contributed by atoms with Crippen LogP contribution in [0.2, 0.25) is 0 Å². The molecule has 0 aromatic carbocycles. The van der Waals surface area contributed by atoms with E-state index in [-0.39, 0.29) is 25.7 Å². The van der Waals surface area contributed by atoms with E-state index in [2.05, 4.69) is 72.8 Å². The maximum atomic E-state index is 13.1. The summed E-state index contributed by atoms with van der Waals surface area (Å²) in [6.07, 6.45) is 57.9. The van der Waals surface area contributed by atoms with Crippen LogP contribution in [0.25, 0.3) is 0 Å². The van der Waals surface area contributed by atoms with Crippen molar-refractivity contribution in [2.45, 2.75) is 394 Å². The number of unbranched alkanes of at least 4 members (excludes halogenated alkanes) is 39. The van der Waals surface area contributed by atoms with E-state index in [0.717, 1.165) is 121 Å². The van der Waals surface area contributed by atoms with Gasteiger partial charge in [0.1, 0.15) is 19.3 Å². The van der Waals surface area contributed by atoms with E-state index in [0.29, 0.717) is 31.6 Å². The molecule has 0 bridgehead atoms. The monoisotopic (exact) mass is 1420 g/mol. The smallest absolute Gasteiger partial charge is 0.462 e. The van der Waals surface area contributed by atoms with E-state index >= 15 is 0 Å². The molecule has 0 aliphatic rings. The molecule has 0 saturated heterocycles. The number of carbonyl (C=O) groups is 4. The molecule has 17 nitrogen and oxygen atoms in total. The minimum Gasteiger partial charge on any atom is -0.462 e. The van der Waals surface area contributed by atoms with Crippen molar-refractivity contribution >= 4 is 39.5 Å². The fraction of sp³-hybridized carbons (Fsp3) is 0.897. The number of aliphatic hydroxyl groups excluding tert-OH is 1. The minimum atomic E-state index is -4.96. The molecule has 0 saturated carbocycles. The molecule has 0 aromatic heterocycles. The fourth-order valence-corrected chi connectivity index (χ4v) is 13.0. The van der Waals surface area contributed by atoms with Gasteiger partial charge in [-0.1, -0.05) is 323 Å². The first kappa shape index (κ1) is 94.5. The number of phosphoric ester groups is 2. The fourth-order valence-electron chi connectivity index (χ4n) is 11.4. The number of allylic oxidation sites excluding steroid dienone is 4. The van der Waals surface area contributed by atoms with Gasteiger partial charge in [0, 0.05) is 25.7 Å². The third-order valence-corrected chi connectivity index (χ3v) is 19.4. The largest absolute Gasteiger partial charge is 0.472 e. The van der Waals surface area contributed by atoms with Gasteiger partial charge in [0.15, 0.2) is 12.2 Å². The van der Waals surface area contributed by atoms with Gasteiger partial charge in [-0.3, -0.25) is 37.3 Å². The van der Waals surface area contributed by atoms with Crippen LogP contribution >= 0.6 is 15.6 Å². The van der Waals surface area contributed by atoms with Gasteiger partial charge in [-0.15, -0.1) is 0 Å². The lowest BCUT2D eigenvalue weighted by molar-refractivity contribution is -0.161. The molecule has 0 fully saturated rings. The molecule has 0 aliphatic carbocycles.